The van der Waals surface area contributed by atoms with Crippen LogP contribution in [0.2, 0.25) is 0 Å². The van der Waals surface area contributed by atoms with E-state index in [-0.39, 0.29) is 5.91 Å². The minimum atomic E-state index is -0.996. The molecule has 0 saturated carbocycles. The van der Waals surface area contributed by atoms with E-state index in [1.807, 2.05) is 23.1 Å². The van der Waals surface area contributed by atoms with Crippen LogP contribution in [0.1, 0.15) is 24.8 Å². The van der Waals surface area contributed by atoms with Crippen molar-refractivity contribution in [2.24, 2.45) is 0 Å². The molecule has 2 nitrogen and oxygen atoms in total. The molecule has 0 spiro atoms. The molecule has 0 N–H and O–H groups in total. The van der Waals surface area contributed by atoms with Gasteiger partial charge in [-0.15, -0.1) is 0 Å². The predicted octanol–water partition coefficient (Wildman–Crippen LogP) is 2.55. The maximum absolute atomic E-state index is 11.7. The minimum Gasteiger partial charge on any atom is -0.344 e. The van der Waals surface area contributed by atoms with Crippen molar-refractivity contribution in [1.82, 2.24) is 4.90 Å². The summed E-state index contributed by atoms with van der Waals surface area (Å²) in [6, 6.07) is 11.2. The van der Waals surface area contributed by atoms with Crippen molar-refractivity contribution in [2.45, 2.75) is 25.3 Å². The van der Waals surface area contributed by atoms with E-state index in [0.717, 1.165) is 31.6 Å². The van der Waals surface area contributed by atoms with E-state index in [1.165, 1.54) is 5.56 Å². The molecule has 0 aliphatic carbocycles. The van der Waals surface area contributed by atoms with Crippen molar-refractivity contribution in [1.29, 1.82) is 0 Å². The lowest BCUT2D eigenvalue weighted by molar-refractivity contribution is -0.132. The van der Waals surface area contributed by atoms with E-state index < -0.39 is 8.11 Å². The Morgan fingerprint density at radius 2 is 2.00 bits per heavy atom. The van der Waals surface area contributed by atoms with E-state index in [1.54, 1.807) is 0 Å². The van der Waals surface area contributed by atoms with Gasteiger partial charge in [0.05, 0.1) is 0 Å². The molecular formula is C13H17ClNOSi. The molecule has 91 valence electrons. The summed E-state index contributed by atoms with van der Waals surface area (Å²) in [5.74, 6) is 0.285. The summed E-state index contributed by atoms with van der Waals surface area (Å²) >= 11 is 6.42. The highest BCUT2D eigenvalue weighted by molar-refractivity contribution is 7.06. The molecule has 1 fully saturated rings. The van der Waals surface area contributed by atoms with Crippen LogP contribution in [0, 0.1) is 0 Å². The fraction of sp³-hybridized carbons (Fsp3) is 0.462. The first-order chi connectivity index (χ1) is 8.25. The number of rotatable bonds is 4. The second kappa shape index (κ2) is 6.22. The molecule has 0 atom stereocenters. The van der Waals surface area contributed by atoms with Crippen molar-refractivity contribution in [3.63, 3.8) is 0 Å². The summed E-state index contributed by atoms with van der Waals surface area (Å²) in [7, 11) is -0.996. The van der Waals surface area contributed by atoms with Gasteiger partial charge in [0, 0.05) is 19.1 Å². The maximum Gasteiger partial charge on any atom is 0.222 e. The van der Waals surface area contributed by atoms with Gasteiger partial charge in [-0.2, -0.15) is 11.1 Å². The zero-order valence-corrected chi connectivity index (χ0v) is 11.6. The summed E-state index contributed by atoms with van der Waals surface area (Å²) in [6.07, 6.45) is 3.65. The first kappa shape index (κ1) is 12.6. The van der Waals surface area contributed by atoms with Crippen LogP contribution in [0.25, 0.3) is 0 Å². The number of carbonyl (C=O) groups is 1. The zero-order valence-electron chi connectivity index (χ0n) is 9.86. The van der Waals surface area contributed by atoms with Gasteiger partial charge in [0.2, 0.25) is 5.91 Å². The molecule has 2 rings (SSSR count). The maximum atomic E-state index is 11.7. The van der Waals surface area contributed by atoms with Gasteiger partial charge >= 0.3 is 0 Å². The summed E-state index contributed by atoms with van der Waals surface area (Å²) in [6.45, 7) is 0.897. The van der Waals surface area contributed by atoms with Crippen molar-refractivity contribution >= 4 is 25.1 Å². The SMILES string of the molecule is O=C1CCCCN1C[Si](Cl)Cc1ccccc1. The zero-order chi connectivity index (χ0) is 12.1. The Bertz CT molecular complexity index is 371. The summed E-state index contributed by atoms with van der Waals surface area (Å²) < 4.78 is 0. The van der Waals surface area contributed by atoms with Crippen molar-refractivity contribution in [3.05, 3.63) is 35.9 Å². The van der Waals surface area contributed by atoms with E-state index in [0.29, 0.717) is 6.42 Å². The third kappa shape index (κ3) is 3.86. The Kier molecular flexibility index (Phi) is 4.63. The molecule has 1 aromatic rings. The van der Waals surface area contributed by atoms with E-state index >= 15 is 0 Å². The van der Waals surface area contributed by atoms with Gasteiger partial charge in [-0.25, -0.2) is 0 Å². The lowest BCUT2D eigenvalue weighted by Gasteiger charge is -2.27. The second-order valence-electron chi connectivity index (χ2n) is 4.45. The van der Waals surface area contributed by atoms with Crippen molar-refractivity contribution < 1.29 is 4.79 Å². The average Bonchev–Trinajstić information content (AvgIpc) is 2.33. The summed E-state index contributed by atoms with van der Waals surface area (Å²) in [5, 5.41) is 0. The normalized spacial score (nSPS) is 16.6. The smallest absolute Gasteiger partial charge is 0.222 e. The number of piperidine rings is 1. The lowest BCUT2D eigenvalue weighted by Crippen LogP contribution is -2.41. The van der Waals surface area contributed by atoms with Crippen LogP contribution in [0.3, 0.4) is 0 Å². The fourth-order valence-electron chi connectivity index (χ4n) is 2.11. The molecule has 0 unspecified atom stereocenters. The third-order valence-corrected chi connectivity index (χ3v) is 5.30. The topological polar surface area (TPSA) is 20.3 Å². The molecular weight excluding hydrogens is 250 g/mol. The highest BCUT2D eigenvalue weighted by Crippen LogP contribution is 2.13. The molecule has 0 bridgehead atoms. The van der Waals surface area contributed by atoms with Crippen molar-refractivity contribution in [3.8, 4) is 0 Å². The number of likely N-dealkylation sites (tertiary alicyclic amines) is 1. The van der Waals surface area contributed by atoms with E-state index in [4.69, 9.17) is 11.1 Å². The molecule has 1 radical (unpaired) electrons. The molecule has 1 amide bonds. The first-order valence-electron chi connectivity index (χ1n) is 6.07. The Morgan fingerprint density at radius 3 is 2.71 bits per heavy atom. The molecule has 0 aromatic heterocycles. The minimum absolute atomic E-state index is 0.285. The van der Waals surface area contributed by atoms with Gasteiger partial charge in [0.25, 0.3) is 0 Å². The quantitative estimate of drug-likeness (QED) is 0.606. The number of amides is 1. The van der Waals surface area contributed by atoms with Crippen LogP contribution in [0.4, 0.5) is 0 Å². The van der Waals surface area contributed by atoms with E-state index in [2.05, 4.69) is 12.1 Å². The van der Waals surface area contributed by atoms with Crippen LogP contribution in [0.5, 0.6) is 0 Å². The largest absolute Gasteiger partial charge is 0.344 e. The second-order valence-corrected chi connectivity index (χ2v) is 7.76. The average molecular weight is 267 g/mol. The standard InChI is InChI=1S/C13H17ClNOSi/c14-17(10-12-6-2-1-3-7-12)11-15-9-5-4-8-13(15)16/h1-3,6-7H,4-5,8-11H2. The summed E-state index contributed by atoms with van der Waals surface area (Å²) in [5.41, 5.74) is 1.28. The molecule has 1 aliphatic rings. The molecule has 1 aliphatic heterocycles. The number of halogens is 1. The monoisotopic (exact) mass is 266 g/mol. The summed E-state index contributed by atoms with van der Waals surface area (Å²) in [4.78, 5) is 13.6. The lowest BCUT2D eigenvalue weighted by atomic mass is 10.1. The Morgan fingerprint density at radius 1 is 1.24 bits per heavy atom. The van der Waals surface area contributed by atoms with Gasteiger partial charge in [-0.3, -0.25) is 4.79 Å². The highest BCUT2D eigenvalue weighted by atomic mass is 35.6. The Hall–Kier alpha value is -0.803. The van der Waals surface area contributed by atoms with Crippen LogP contribution in [0.15, 0.2) is 30.3 Å². The number of hydrogen-bond donors (Lipinski definition) is 0. The third-order valence-electron chi connectivity index (χ3n) is 3.02. The van der Waals surface area contributed by atoms with Gasteiger partial charge in [0.15, 0.2) is 8.11 Å². The molecule has 1 aromatic carbocycles. The Balaban J connectivity index is 1.84. The number of carbonyl (C=O) groups excluding carboxylic acids is 1. The van der Waals surface area contributed by atoms with Crippen LogP contribution in [-0.4, -0.2) is 31.6 Å². The number of hydrogen-bond acceptors (Lipinski definition) is 1. The van der Waals surface area contributed by atoms with Crippen LogP contribution in [-0.2, 0) is 10.8 Å². The first-order valence-corrected chi connectivity index (χ1v) is 9.00. The van der Waals surface area contributed by atoms with Gasteiger partial charge in [-0.05, 0) is 24.4 Å². The van der Waals surface area contributed by atoms with Crippen LogP contribution < -0.4 is 0 Å². The van der Waals surface area contributed by atoms with Gasteiger partial charge < -0.3 is 4.90 Å². The highest BCUT2D eigenvalue weighted by Gasteiger charge is 2.22. The number of benzene rings is 1. The molecule has 17 heavy (non-hydrogen) atoms. The van der Waals surface area contributed by atoms with Gasteiger partial charge in [0.1, 0.15) is 0 Å². The molecule has 1 saturated heterocycles. The van der Waals surface area contributed by atoms with E-state index in [9.17, 15) is 4.79 Å². The van der Waals surface area contributed by atoms with Crippen molar-refractivity contribution in [2.75, 3.05) is 12.7 Å². The van der Waals surface area contributed by atoms with Crippen LogP contribution >= 0.6 is 11.1 Å². The molecule has 4 heteroatoms. The number of nitrogens with zero attached hydrogens (tertiary/aromatic N) is 1. The molecule has 1 heterocycles. The van der Waals surface area contributed by atoms with Gasteiger partial charge in [-0.1, -0.05) is 30.3 Å². The fourth-order valence-corrected chi connectivity index (χ4v) is 4.54. The predicted molar refractivity (Wildman–Crippen MR) is 72.2 cm³/mol. The Labute approximate surface area is 109 Å².